The molecule has 14 heavy (non-hydrogen) atoms. The number of benzene rings is 2. The van der Waals surface area contributed by atoms with Crippen molar-refractivity contribution in [1.29, 1.82) is 0 Å². The predicted octanol–water partition coefficient (Wildman–Crippen LogP) is 2.36. The Bertz CT molecular complexity index is 316. The van der Waals surface area contributed by atoms with Crippen LogP contribution in [0.1, 0.15) is 7.43 Å². The summed E-state index contributed by atoms with van der Waals surface area (Å²) in [5.41, 5.74) is 0. The second-order valence-electron chi connectivity index (χ2n) is 2.73. The SMILES string of the molecule is C.c1cc[c]([Cr][c]2ccccc2)cc1. The van der Waals surface area contributed by atoms with Crippen molar-refractivity contribution in [2.45, 2.75) is 7.43 Å². The van der Waals surface area contributed by atoms with E-state index in [9.17, 15) is 0 Å². The van der Waals surface area contributed by atoms with Gasteiger partial charge in [-0.15, -0.1) is 0 Å². The van der Waals surface area contributed by atoms with Crippen molar-refractivity contribution >= 4 is 8.85 Å². The van der Waals surface area contributed by atoms with Crippen LogP contribution in [-0.4, -0.2) is 0 Å². The Morgan fingerprint density at radius 3 is 1.29 bits per heavy atom. The molecule has 0 heterocycles. The zero-order chi connectivity index (χ0) is 8.93. The Morgan fingerprint density at radius 2 is 0.929 bits per heavy atom. The molecule has 0 atom stereocenters. The zero-order valence-electron chi connectivity index (χ0n) is 7.18. The van der Waals surface area contributed by atoms with Gasteiger partial charge in [0, 0.05) is 0 Å². The second-order valence-corrected chi connectivity index (χ2v) is 4.52. The molecule has 0 fully saturated rings. The van der Waals surface area contributed by atoms with E-state index in [4.69, 9.17) is 0 Å². The summed E-state index contributed by atoms with van der Waals surface area (Å²) in [6.45, 7) is 0. The van der Waals surface area contributed by atoms with Gasteiger partial charge in [0.25, 0.3) is 0 Å². The van der Waals surface area contributed by atoms with Gasteiger partial charge in [-0.25, -0.2) is 0 Å². The van der Waals surface area contributed by atoms with Crippen LogP contribution in [0.25, 0.3) is 0 Å². The van der Waals surface area contributed by atoms with E-state index in [-0.39, 0.29) is 7.43 Å². The Morgan fingerprint density at radius 1 is 0.571 bits per heavy atom. The summed E-state index contributed by atoms with van der Waals surface area (Å²) in [6.07, 6.45) is 0. The van der Waals surface area contributed by atoms with Crippen LogP contribution in [0.15, 0.2) is 60.7 Å². The summed E-state index contributed by atoms with van der Waals surface area (Å²) in [6, 6.07) is 21.3. The van der Waals surface area contributed by atoms with Gasteiger partial charge in [0.15, 0.2) is 0 Å². The molecule has 0 aliphatic carbocycles. The molecule has 0 saturated heterocycles. The molecule has 1 heteroatoms. The molecule has 2 aromatic rings. The molecule has 2 rings (SSSR count). The number of hydrogen-bond acceptors (Lipinski definition) is 0. The van der Waals surface area contributed by atoms with Gasteiger partial charge in [-0.05, 0) is 0 Å². The van der Waals surface area contributed by atoms with Crippen LogP contribution in [0.3, 0.4) is 0 Å². The van der Waals surface area contributed by atoms with Crippen LogP contribution in [-0.2, 0) is 15.2 Å². The van der Waals surface area contributed by atoms with Gasteiger partial charge in [-0.2, -0.15) is 0 Å². The molecule has 0 aromatic heterocycles. The average Bonchev–Trinajstić information content (AvgIpc) is 2.21. The van der Waals surface area contributed by atoms with Crippen molar-refractivity contribution in [2.24, 2.45) is 0 Å². The molecular weight excluding hydrogens is 208 g/mol. The first kappa shape index (κ1) is 11.0. The Balaban J connectivity index is 0.000000980. The van der Waals surface area contributed by atoms with Crippen LogP contribution < -0.4 is 8.85 Å². The Kier molecular flexibility index (Phi) is 4.46. The predicted molar refractivity (Wildman–Crippen MR) is 58.9 cm³/mol. The molecule has 0 saturated carbocycles. The first-order valence-electron chi connectivity index (χ1n) is 4.23. The third kappa shape index (κ3) is 3.03. The van der Waals surface area contributed by atoms with Gasteiger partial charge in [0.05, 0.1) is 0 Å². The van der Waals surface area contributed by atoms with E-state index in [0.717, 1.165) is 0 Å². The Hall–Kier alpha value is -1.03. The topological polar surface area (TPSA) is 0 Å². The summed E-state index contributed by atoms with van der Waals surface area (Å²) in [4.78, 5) is 0. The van der Waals surface area contributed by atoms with Crippen LogP contribution in [0, 0.1) is 0 Å². The fourth-order valence-corrected chi connectivity index (χ4v) is 2.45. The molecule has 0 aliphatic heterocycles. The van der Waals surface area contributed by atoms with Crippen LogP contribution in [0.4, 0.5) is 0 Å². The number of hydrogen-bond donors (Lipinski definition) is 0. The fourth-order valence-electron chi connectivity index (χ4n) is 1.11. The van der Waals surface area contributed by atoms with Gasteiger partial charge in [0.2, 0.25) is 0 Å². The first-order valence-corrected chi connectivity index (χ1v) is 5.50. The third-order valence-corrected chi connectivity index (χ3v) is 3.31. The van der Waals surface area contributed by atoms with Crippen LogP contribution >= 0.6 is 0 Å². The molecule has 0 spiro atoms. The maximum atomic E-state index is 2.19. The van der Waals surface area contributed by atoms with Crippen molar-refractivity contribution in [1.82, 2.24) is 0 Å². The monoisotopic (exact) mass is 222 g/mol. The zero-order valence-corrected chi connectivity index (χ0v) is 8.46. The second kappa shape index (κ2) is 5.65. The van der Waals surface area contributed by atoms with E-state index in [1.165, 1.54) is 8.85 Å². The minimum absolute atomic E-state index is 0. The van der Waals surface area contributed by atoms with Gasteiger partial charge >= 0.3 is 84.7 Å². The van der Waals surface area contributed by atoms with E-state index in [1.54, 1.807) is 0 Å². The fraction of sp³-hybridized carbons (Fsp3) is 0.0769. The molecule has 0 N–H and O–H groups in total. The van der Waals surface area contributed by atoms with Gasteiger partial charge in [0.1, 0.15) is 0 Å². The Labute approximate surface area is 92.3 Å². The van der Waals surface area contributed by atoms with E-state index in [0.29, 0.717) is 15.2 Å². The van der Waals surface area contributed by atoms with E-state index < -0.39 is 0 Å². The summed E-state index contributed by atoms with van der Waals surface area (Å²) in [5, 5.41) is 0. The molecule has 72 valence electrons. The summed E-state index contributed by atoms with van der Waals surface area (Å²) >= 11 is 0.461. The molecule has 0 unspecified atom stereocenters. The van der Waals surface area contributed by atoms with Gasteiger partial charge < -0.3 is 0 Å². The van der Waals surface area contributed by atoms with Gasteiger partial charge in [-0.3, -0.25) is 0 Å². The normalized spacial score (nSPS) is 9.14. The summed E-state index contributed by atoms with van der Waals surface area (Å²) in [7, 11) is 0. The molecule has 0 aliphatic rings. The molecule has 0 bridgehead atoms. The number of rotatable bonds is 2. The van der Waals surface area contributed by atoms with Crippen molar-refractivity contribution in [3.63, 3.8) is 0 Å². The van der Waals surface area contributed by atoms with Crippen molar-refractivity contribution in [2.75, 3.05) is 0 Å². The molecule has 0 nitrogen and oxygen atoms in total. The standard InChI is InChI=1S/2C6H5.CH4.Cr/c2*1-2-4-6-5-3-1;;/h2*1-5H;1H4;. The average molecular weight is 222 g/mol. The third-order valence-electron chi connectivity index (χ3n) is 1.72. The summed E-state index contributed by atoms with van der Waals surface area (Å²) < 4.78 is 2.86. The van der Waals surface area contributed by atoms with Crippen LogP contribution in [0.5, 0.6) is 0 Å². The van der Waals surface area contributed by atoms with Crippen molar-refractivity contribution < 1.29 is 15.2 Å². The molecule has 0 radical (unpaired) electrons. The minimum atomic E-state index is 0. The van der Waals surface area contributed by atoms with E-state index in [2.05, 4.69) is 60.7 Å². The van der Waals surface area contributed by atoms with Crippen LogP contribution in [0.2, 0.25) is 0 Å². The van der Waals surface area contributed by atoms with Gasteiger partial charge in [-0.1, -0.05) is 7.43 Å². The molecule has 2 aromatic carbocycles. The summed E-state index contributed by atoms with van der Waals surface area (Å²) in [5.74, 6) is 0. The molecular formula is C13H14Cr. The van der Waals surface area contributed by atoms with E-state index in [1.807, 2.05) is 0 Å². The van der Waals surface area contributed by atoms with Crippen molar-refractivity contribution in [3.8, 4) is 0 Å². The first-order chi connectivity index (χ1) is 6.45. The maximum absolute atomic E-state index is 2.19. The van der Waals surface area contributed by atoms with Crippen molar-refractivity contribution in [3.05, 3.63) is 60.7 Å². The van der Waals surface area contributed by atoms with E-state index >= 15 is 0 Å². The molecule has 0 amide bonds. The quantitative estimate of drug-likeness (QED) is 0.731.